The van der Waals surface area contributed by atoms with Gasteiger partial charge in [-0.25, -0.2) is 14.6 Å². The molecular weight excluding hydrogens is 422 g/mol. The van der Waals surface area contributed by atoms with Crippen LogP contribution in [0, 0.1) is 0 Å². The lowest BCUT2D eigenvalue weighted by atomic mass is 9.95. The predicted octanol–water partition coefficient (Wildman–Crippen LogP) is 3.72. The third-order valence-corrected chi connectivity index (χ3v) is 6.90. The van der Waals surface area contributed by atoms with Gasteiger partial charge in [-0.1, -0.05) is 11.3 Å². The van der Waals surface area contributed by atoms with E-state index in [1.807, 2.05) is 29.2 Å². The molecule has 1 saturated heterocycles. The number of carbonyl (C=O) groups excluding carboxylic acids is 1. The molecule has 160 valence electrons. The van der Waals surface area contributed by atoms with Crippen LogP contribution in [0.3, 0.4) is 0 Å². The molecule has 4 aromatic rings. The third kappa shape index (κ3) is 3.16. The van der Waals surface area contributed by atoms with E-state index in [0.717, 1.165) is 65.0 Å². The zero-order valence-electron chi connectivity index (χ0n) is 17.6. The Labute approximate surface area is 189 Å². The molecule has 32 heavy (non-hydrogen) atoms. The van der Waals surface area contributed by atoms with Crippen molar-refractivity contribution in [2.45, 2.75) is 26.2 Å². The number of hydrogen-bond donors (Lipinski definition) is 1. The van der Waals surface area contributed by atoms with Crippen LogP contribution in [0.1, 0.15) is 24.6 Å². The maximum absolute atomic E-state index is 11.6. The van der Waals surface area contributed by atoms with Crippen LogP contribution in [0.2, 0.25) is 0 Å². The van der Waals surface area contributed by atoms with Gasteiger partial charge in [-0.15, -0.1) is 0 Å². The van der Waals surface area contributed by atoms with Crippen LogP contribution in [-0.2, 0) is 17.6 Å². The Balaban J connectivity index is 1.51. The van der Waals surface area contributed by atoms with Gasteiger partial charge in [0, 0.05) is 43.5 Å². The van der Waals surface area contributed by atoms with E-state index in [2.05, 4.69) is 32.3 Å². The Bertz CT molecular complexity index is 1310. The number of pyridine rings is 2. The quantitative estimate of drug-likeness (QED) is 0.517. The summed E-state index contributed by atoms with van der Waals surface area (Å²) in [6.45, 7) is 3.62. The minimum atomic E-state index is -0.119. The second-order valence-corrected chi connectivity index (χ2v) is 9.02. The summed E-state index contributed by atoms with van der Waals surface area (Å²) < 4.78 is 1.97. The highest BCUT2D eigenvalue weighted by Crippen LogP contribution is 2.44. The summed E-state index contributed by atoms with van der Waals surface area (Å²) in [5.41, 5.74) is 6.02. The van der Waals surface area contributed by atoms with Crippen molar-refractivity contribution < 1.29 is 4.79 Å². The molecule has 0 aromatic carbocycles. The van der Waals surface area contributed by atoms with Crippen molar-refractivity contribution in [3.8, 4) is 27.5 Å². The monoisotopic (exact) mass is 443 g/mol. The van der Waals surface area contributed by atoms with Crippen molar-refractivity contribution in [3.63, 3.8) is 0 Å². The molecule has 5 heterocycles. The first-order valence-electron chi connectivity index (χ1n) is 10.7. The lowest BCUT2D eigenvalue weighted by molar-refractivity contribution is -0.114. The van der Waals surface area contributed by atoms with Crippen LogP contribution in [0.25, 0.3) is 27.5 Å². The van der Waals surface area contributed by atoms with Gasteiger partial charge in [-0.2, -0.15) is 5.10 Å². The summed E-state index contributed by atoms with van der Waals surface area (Å²) >= 11 is 1.50. The third-order valence-electron chi connectivity index (χ3n) is 5.88. The van der Waals surface area contributed by atoms with Crippen LogP contribution < -0.4 is 10.2 Å². The van der Waals surface area contributed by atoms with E-state index in [9.17, 15) is 4.79 Å². The van der Waals surface area contributed by atoms with E-state index in [4.69, 9.17) is 10.1 Å². The molecule has 9 heteroatoms. The van der Waals surface area contributed by atoms with Crippen molar-refractivity contribution in [1.82, 2.24) is 24.7 Å². The zero-order chi connectivity index (χ0) is 21.7. The van der Waals surface area contributed by atoms with Crippen LogP contribution in [0.5, 0.6) is 0 Å². The number of aromatic nitrogens is 5. The van der Waals surface area contributed by atoms with Crippen LogP contribution in [-0.4, -0.2) is 43.7 Å². The summed E-state index contributed by atoms with van der Waals surface area (Å²) in [7, 11) is 0. The fourth-order valence-electron chi connectivity index (χ4n) is 4.23. The number of nitrogens with one attached hydrogen (secondary N) is 1. The normalized spacial score (nSPS) is 14.5. The Morgan fingerprint density at radius 3 is 2.75 bits per heavy atom. The molecule has 1 fully saturated rings. The highest BCUT2D eigenvalue weighted by Gasteiger charge is 2.30. The topological polar surface area (TPSA) is 88.8 Å². The van der Waals surface area contributed by atoms with Crippen LogP contribution >= 0.6 is 11.3 Å². The lowest BCUT2D eigenvalue weighted by Gasteiger charge is -2.31. The molecule has 2 aliphatic rings. The number of thiazole rings is 1. The van der Waals surface area contributed by atoms with Gasteiger partial charge in [0.15, 0.2) is 5.13 Å². The number of rotatable bonds is 4. The minimum absolute atomic E-state index is 0.119. The average molecular weight is 444 g/mol. The Morgan fingerprint density at radius 2 is 2.06 bits per heavy atom. The van der Waals surface area contributed by atoms with Gasteiger partial charge in [0.1, 0.15) is 5.82 Å². The van der Waals surface area contributed by atoms with Gasteiger partial charge in [0.2, 0.25) is 5.91 Å². The first-order chi connectivity index (χ1) is 15.7. The zero-order valence-corrected chi connectivity index (χ0v) is 18.4. The number of aryl methyl sites for hydroxylation is 1. The van der Waals surface area contributed by atoms with Crippen molar-refractivity contribution in [2.24, 2.45) is 0 Å². The molecule has 4 aromatic heterocycles. The van der Waals surface area contributed by atoms with E-state index < -0.39 is 0 Å². The Morgan fingerprint density at radius 1 is 1.16 bits per heavy atom. The number of nitrogens with zero attached hydrogens (tertiary/aromatic N) is 6. The molecule has 6 rings (SSSR count). The SMILES string of the molecule is CC(=O)Nc1nc2c(s1)-c1c(c(-c3cccnc3)nn1-c1ccc(N3CCC3)nc1)CC2. The number of amides is 1. The first kappa shape index (κ1) is 19.1. The molecule has 0 bridgehead atoms. The Hall–Kier alpha value is -3.59. The molecular formula is C23H21N7OS. The van der Waals surface area contributed by atoms with Crippen molar-refractivity contribution in [3.05, 3.63) is 54.1 Å². The van der Waals surface area contributed by atoms with Crippen LogP contribution in [0.4, 0.5) is 10.9 Å². The second-order valence-electron chi connectivity index (χ2n) is 8.02. The molecule has 8 nitrogen and oxygen atoms in total. The fourth-order valence-corrected chi connectivity index (χ4v) is 5.35. The van der Waals surface area contributed by atoms with Gasteiger partial charge in [-0.05, 0) is 43.5 Å². The van der Waals surface area contributed by atoms with Crippen molar-refractivity contribution in [1.29, 1.82) is 0 Å². The molecule has 0 spiro atoms. The number of hydrogen-bond acceptors (Lipinski definition) is 7. The first-order valence-corrected chi connectivity index (χ1v) is 11.5. The van der Waals surface area contributed by atoms with Crippen molar-refractivity contribution in [2.75, 3.05) is 23.3 Å². The van der Waals surface area contributed by atoms with E-state index in [0.29, 0.717) is 5.13 Å². The van der Waals surface area contributed by atoms with Gasteiger partial charge >= 0.3 is 0 Å². The molecule has 0 unspecified atom stereocenters. The molecule has 0 radical (unpaired) electrons. The summed E-state index contributed by atoms with van der Waals surface area (Å²) in [6, 6.07) is 8.10. The highest BCUT2D eigenvalue weighted by molar-refractivity contribution is 7.19. The molecule has 1 amide bonds. The number of anilines is 2. The second kappa shape index (κ2) is 7.52. The summed E-state index contributed by atoms with van der Waals surface area (Å²) in [5.74, 6) is 0.881. The van der Waals surface area contributed by atoms with Gasteiger partial charge in [-0.3, -0.25) is 9.78 Å². The molecule has 1 aliphatic carbocycles. The van der Waals surface area contributed by atoms with Gasteiger partial charge in [0.05, 0.1) is 33.8 Å². The van der Waals surface area contributed by atoms with Crippen molar-refractivity contribution >= 4 is 28.2 Å². The van der Waals surface area contributed by atoms with Gasteiger partial charge in [0.25, 0.3) is 0 Å². The van der Waals surface area contributed by atoms with Crippen LogP contribution in [0.15, 0.2) is 42.9 Å². The maximum atomic E-state index is 11.6. The highest BCUT2D eigenvalue weighted by atomic mass is 32.1. The van der Waals surface area contributed by atoms with E-state index in [1.54, 1.807) is 6.20 Å². The molecule has 1 aliphatic heterocycles. The van der Waals surface area contributed by atoms with E-state index >= 15 is 0 Å². The summed E-state index contributed by atoms with van der Waals surface area (Å²) in [5, 5.41) is 8.48. The Kier molecular flexibility index (Phi) is 4.50. The van der Waals surface area contributed by atoms with E-state index in [1.165, 1.54) is 30.2 Å². The smallest absolute Gasteiger partial charge is 0.223 e. The lowest BCUT2D eigenvalue weighted by Crippen LogP contribution is -2.37. The minimum Gasteiger partial charge on any atom is -0.356 e. The maximum Gasteiger partial charge on any atom is 0.223 e. The number of carbonyl (C=O) groups is 1. The molecule has 0 atom stereocenters. The average Bonchev–Trinajstić information content (AvgIpc) is 3.34. The number of fused-ring (bicyclic) bond motifs is 3. The predicted molar refractivity (Wildman–Crippen MR) is 124 cm³/mol. The molecule has 0 saturated carbocycles. The van der Waals surface area contributed by atoms with Gasteiger partial charge < -0.3 is 10.2 Å². The molecule has 1 N–H and O–H groups in total. The largest absolute Gasteiger partial charge is 0.356 e. The van der Waals surface area contributed by atoms with E-state index in [-0.39, 0.29) is 5.91 Å². The standard InChI is InChI=1S/C23H21N7OS/c1-14(31)26-23-27-18-7-6-17-20(15-4-2-9-24-12-15)28-30(21(17)22(18)32-23)16-5-8-19(25-13-16)29-10-3-11-29/h2,4-5,8-9,12-13H,3,6-7,10-11H2,1H3,(H,26,27,31). The fraction of sp³-hybridized carbons (Fsp3) is 0.261. The summed E-state index contributed by atoms with van der Waals surface area (Å²) in [6.07, 6.45) is 8.36. The summed E-state index contributed by atoms with van der Waals surface area (Å²) in [4.78, 5) is 28.6.